The molecule has 0 radical (unpaired) electrons. The van der Waals surface area contributed by atoms with Crippen molar-refractivity contribution in [1.82, 2.24) is 4.72 Å². The quantitative estimate of drug-likeness (QED) is 0.754. The van der Waals surface area contributed by atoms with Crippen molar-refractivity contribution in [3.05, 3.63) is 29.8 Å². The second-order valence-electron chi connectivity index (χ2n) is 4.29. The number of aldehydes is 1. The van der Waals surface area contributed by atoms with Crippen LogP contribution >= 0.6 is 0 Å². The molecule has 0 saturated heterocycles. The third kappa shape index (κ3) is 3.92. The molecule has 0 heterocycles. The summed E-state index contributed by atoms with van der Waals surface area (Å²) in [5.41, 5.74) is -1.06. The Kier molecular flexibility index (Phi) is 4.03. The van der Waals surface area contributed by atoms with Gasteiger partial charge in [-0.2, -0.15) is 0 Å². The maximum Gasteiger partial charge on any atom is 0.241 e. The Hall–Kier alpha value is -1.24. The summed E-state index contributed by atoms with van der Waals surface area (Å²) in [6.07, 6.45) is 0.485. The molecule has 0 amide bonds. The van der Waals surface area contributed by atoms with E-state index in [4.69, 9.17) is 0 Å². The molecule has 1 aromatic rings. The summed E-state index contributed by atoms with van der Waals surface area (Å²) in [5.74, 6) is 0. The zero-order chi connectivity index (χ0) is 13.1. The van der Waals surface area contributed by atoms with Gasteiger partial charge in [-0.3, -0.25) is 4.79 Å². The molecule has 0 atom stereocenters. The third-order valence-corrected chi connectivity index (χ3v) is 3.51. The fraction of sp³-hybridized carbons (Fsp3) is 0.364. The van der Waals surface area contributed by atoms with Gasteiger partial charge in [0.05, 0.1) is 10.5 Å². The van der Waals surface area contributed by atoms with E-state index in [9.17, 15) is 18.3 Å². The summed E-state index contributed by atoms with van der Waals surface area (Å²) in [7, 11) is -3.78. The minimum atomic E-state index is -3.78. The van der Waals surface area contributed by atoms with Crippen LogP contribution in [0.4, 0.5) is 0 Å². The van der Waals surface area contributed by atoms with Crippen LogP contribution in [0.5, 0.6) is 0 Å². The van der Waals surface area contributed by atoms with Crippen LogP contribution in [0.3, 0.4) is 0 Å². The van der Waals surface area contributed by atoms with E-state index in [2.05, 4.69) is 4.72 Å². The largest absolute Gasteiger partial charge is 0.389 e. The smallest absolute Gasteiger partial charge is 0.241 e. The fourth-order valence-electron chi connectivity index (χ4n) is 1.17. The van der Waals surface area contributed by atoms with Crippen molar-refractivity contribution < 1.29 is 18.3 Å². The Bertz CT molecular complexity index is 502. The number of aliphatic hydroxyl groups is 1. The average Bonchev–Trinajstić information content (AvgIpc) is 2.26. The number of hydrogen-bond donors (Lipinski definition) is 2. The zero-order valence-corrected chi connectivity index (χ0v) is 10.5. The van der Waals surface area contributed by atoms with E-state index in [1.165, 1.54) is 32.0 Å². The standard InChI is InChI=1S/C11H15NO4S/c1-11(2,14)8-12-17(15,16)10-6-4-3-5-9(10)7-13/h3-7,12,14H,8H2,1-2H3. The van der Waals surface area contributed by atoms with Crippen molar-refractivity contribution in [3.8, 4) is 0 Å². The van der Waals surface area contributed by atoms with Gasteiger partial charge in [-0.15, -0.1) is 0 Å². The van der Waals surface area contributed by atoms with Crippen LogP contribution in [0.15, 0.2) is 29.2 Å². The topological polar surface area (TPSA) is 83.5 Å². The van der Waals surface area contributed by atoms with Gasteiger partial charge in [0, 0.05) is 12.1 Å². The summed E-state index contributed by atoms with van der Waals surface area (Å²) in [6, 6.07) is 5.88. The maximum atomic E-state index is 11.9. The van der Waals surface area contributed by atoms with Gasteiger partial charge in [-0.25, -0.2) is 13.1 Å². The van der Waals surface area contributed by atoms with E-state index in [-0.39, 0.29) is 17.0 Å². The van der Waals surface area contributed by atoms with Gasteiger partial charge in [0.15, 0.2) is 6.29 Å². The van der Waals surface area contributed by atoms with Gasteiger partial charge in [0.25, 0.3) is 0 Å². The van der Waals surface area contributed by atoms with E-state index < -0.39 is 15.6 Å². The van der Waals surface area contributed by atoms with E-state index in [1.807, 2.05) is 0 Å². The van der Waals surface area contributed by atoms with Gasteiger partial charge in [0.2, 0.25) is 10.0 Å². The van der Waals surface area contributed by atoms with Gasteiger partial charge < -0.3 is 5.11 Å². The Labute approximate surface area is 101 Å². The van der Waals surface area contributed by atoms with Crippen LogP contribution in [-0.2, 0) is 10.0 Å². The number of benzene rings is 1. The minimum absolute atomic E-state index is 0.0840. The van der Waals surface area contributed by atoms with Gasteiger partial charge >= 0.3 is 0 Å². The molecule has 94 valence electrons. The molecule has 0 fully saturated rings. The van der Waals surface area contributed by atoms with E-state index in [1.54, 1.807) is 6.07 Å². The number of nitrogens with one attached hydrogen (secondary N) is 1. The van der Waals surface area contributed by atoms with Crippen molar-refractivity contribution in [2.75, 3.05) is 6.54 Å². The predicted molar refractivity (Wildman–Crippen MR) is 63.3 cm³/mol. The molecule has 0 aromatic heterocycles. The highest BCUT2D eigenvalue weighted by atomic mass is 32.2. The van der Waals surface area contributed by atoms with Crippen LogP contribution in [0.1, 0.15) is 24.2 Å². The molecule has 0 bridgehead atoms. The molecule has 0 unspecified atom stereocenters. The first-order valence-corrected chi connectivity index (χ1v) is 6.51. The van der Waals surface area contributed by atoms with Crippen LogP contribution in [0.2, 0.25) is 0 Å². The monoisotopic (exact) mass is 257 g/mol. The Morgan fingerprint density at radius 2 is 1.94 bits per heavy atom. The summed E-state index contributed by atoms with van der Waals surface area (Å²) < 4.78 is 26.0. The first-order valence-electron chi connectivity index (χ1n) is 5.02. The van der Waals surface area contributed by atoms with Crippen molar-refractivity contribution >= 4 is 16.3 Å². The molecular weight excluding hydrogens is 242 g/mol. The average molecular weight is 257 g/mol. The van der Waals surface area contributed by atoms with Crippen LogP contribution < -0.4 is 4.72 Å². The highest BCUT2D eigenvalue weighted by Crippen LogP contribution is 2.13. The Morgan fingerprint density at radius 1 is 1.35 bits per heavy atom. The van der Waals surface area contributed by atoms with Crippen molar-refractivity contribution in [2.45, 2.75) is 24.3 Å². The molecule has 6 heteroatoms. The number of rotatable bonds is 5. The molecular formula is C11H15NO4S. The second kappa shape index (κ2) is 4.95. The Balaban J connectivity index is 3.02. The van der Waals surface area contributed by atoms with E-state index >= 15 is 0 Å². The molecule has 1 aromatic carbocycles. The number of sulfonamides is 1. The third-order valence-electron chi connectivity index (χ3n) is 2.03. The summed E-state index contributed by atoms with van der Waals surface area (Å²) in [5, 5.41) is 9.46. The van der Waals surface area contributed by atoms with Gasteiger partial charge in [0.1, 0.15) is 0 Å². The lowest BCUT2D eigenvalue weighted by Crippen LogP contribution is -2.38. The first kappa shape index (κ1) is 13.8. The highest BCUT2D eigenvalue weighted by molar-refractivity contribution is 7.89. The van der Waals surface area contributed by atoms with E-state index in [0.29, 0.717) is 6.29 Å². The van der Waals surface area contributed by atoms with Crippen LogP contribution in [0, 0.1) is 0 Å². The lowest BCUT2D eigenvalue weighted by atomic mass is 10.1. The normalized spacial score (nSPS) is 12.4. The summed E-state index contributed by atoms with van der Waals surface area (Å²) >= 11 is 0. The second-order valence-corrected chi connectivity index (χ2v) is 6.03. The van der Waals surface area contributed by atoms with Crippen LogP contribution in [0.25, 0.3) is 0 Å². The first-order chi connectivity index (χ1) is 7.76. The zero-order valence-electron chi connectivity index (χ0n) is 9.67. The van der Waals surface area contributed by atoms with E-state index in [0.717, 1.165) is 0 Å². The maximum absolute atomic E-state index is 11.9. The molecule has 0 spiro atoms. The fourth-order valence-corrected chi connectivity index (χ4v) is 2.55. The minimum Gasteiger partial charge on any atom is -0.389 e. The molecule has 0 saturated carbocycles. The molecule has 0 aliphatic rings. The Morgan fingerprint density at radius 3 is 2.47 bits per heavy atom. The number of hydrogen-bond acceptors (Lipinski definition) is 4. The van der Waals surface area contributed by atoms with Gasteiger partial charge in [-0.05, 0) is 19.9 Å². The predicted octanol–water partition coefficient (Wildman–Crippen LogP) is 0.548. The number of carbonyl (C=O) groups is 1. The van der Waals surface area contributed by atoms with Crippen molar-refractivity contribution in [3.63, 3.8) is 0 Å². The van der Waals surface area contributed by atoms with Crippen molar-refractivity contribution in [1.29, 1.82) is 0 Å². The molecule has 0 aliphatic carbocycles. The van der Waals surface area contributed by atoms with Crippen LogP contribution in [-0.4, -0.2) is 32.0 Å². The number of carbonyl (C=O) groups excluding carboxylic acids is 1. The highest BCUT2D eigenvalue weighted by Gasteiger charge is 2.21. The molecule has 1 rings (SSSR count). The van der Waals surface area contributed by atoms with Crippen molar-refractivity contribution in [2.24, 2.45) is 0 Å². The lowest BCUT2D eigenvalue weighted by molar-refractivity contribution is 0.0857. The summed E-state index contributed by atoms with van der Waals surface area (Å²) in [6.45, 7) is 2.85. The lowest BCUT2D eigenvalue weighted by Gasteiger charge is -2.18. The van der Waals surface area contributed by atoms with Gasteiger partial charge in [-0.1, -0.05) is 18.2 Å². The SMILES string of the molecule is CC(C)(O)CNS(=O)(=O)c1ccccc1C=O. The summed E-state index contributed by atoms with van der Waals surface area (Å²) in [4.78, 5) is 10.6. The molecule has 2 N–H and O–H groups in total. The molecule has 0 aliphatic heterocycles. The molecule has 17 heavy (non-hydrogen) atoms. The molecule has 5 nitrogen and oxygen atoms in total.